The second kappa shape index (κ2) is 9.47. The smallest absolute Gasteiger partial charge is 0.329 e. The Kier molecular flexibility index (Phi) is 6.07. The number of nitrogens with one attached hydrogen (secondary N) is 1. The maximum atomic E-state index is 14.5. The first-order valence-electron chi connectivity index (χ1n) is 13.5. The first-order chi connectivity index (χ1) is 18.9. The predicted octanol–water partition coefficient (Wildman–Crippen LogP) is 5.39. The summed E-state index contributed by atoms with van der Waals surface area (Å²) in [5.74, 6) is -4.01. The van der Waals surface area contributed by atoms with Crippen LogP contribution in [0, 0.1) is 11.8 Å². The fraction of sp³-hybridized carbons (Fsp3) is 0.242. The SMILES string of the molecule is CCc1cccc(CC)c1N1C(=O)C2C(c3cccc4ccccc34)NC(C(=O)O)(c3ccccc3)C2C1=O. The van der Waals surface area contributed by atoms with Crippen molar-refractivity contribution in [1.82, 2.24) is 5.32 Å². The van der Waals surface area contributed by atoms with Gasteiger partial charge in [-0.25, -0.2) is 9.69 Å². The zero-order valence-electron chi connectivity index (χ0n) is 21.9. The van der Waals surface area contributed by atoms with Crippen molar-refractivity contribution >= 4 is 34.2 Å². The molecule has 0 radical (unpaired) electrons. The molecular weight excluding hydrogens is 488 g/mol. The largest absolute Gasteiger partial charge is 0.480 e. The van der Waals surface area contributed by atoms with E-state index in [2.05, 4.69) is 5.32 Å². The number of nitrogens with zero attached hydrogens (tertiary/aromatic N) is 1. The second-order valence-electron chi connectivity index (χ2n) is 10.3. The third-order valence-corrected chi connectivity index (χ3v) is 8.47. The molecule has 0 bridgehead atoms. The summed E-state index contributed by atoms with van der Waals surface area (Å²) in [5, 5.41) is 16.1. The molecule has 2 heterocycles. The highest BCUT2D eigenvalue weighted by atomic mass is 16.4. The Morgan fingerprint density at radius 3 is 2.10 bits per heavy atom. The van der Waals surface area contributed by atoms with Gasteiger partial charge in [0.05, 0.1) is 17.5 Å². The normalized spacial score (nSPS) is 24.4. The third-order valence-electron chi connectivity index (χ3n) is 8.47. The first-order valence-corrected chi connectivity index (χ1v) is 13.5. The van der Waals surface area contributed by atoms with Crippen molar-refractivity contribution in [2.45, 2.75) is 38.3 Å². The Bertz CT molecular complexity index is 1590. The number of fused-ring (bicyclic) bond motifs is 2. The molecule has 6 nitrogen and oxygen atoms in total. The van der Waals surface area contributed by atoms with Crippen LogP contribution < -0.4 is 10.2 Å². The van der Waals surface area contributed by atoms with Crippen LogP contribution in [0.1, 0.15) is 42.1 Å². The number of benzene rings is 4. The average Bonchev–Trinajstić information content (AvgIpc) is 3.46. The van der Waals surface area contributed by atoms with E-state index in [1.807, 2.05) is 80.6 Å². The van der Waals surface area contributed by atoms with E-state index in [1.165, 1.54) is 4.90 Å². The van der Waals surface area contributed by atoms with Crippen molar-refractivity contribution in [3.05, 3.63) is 113 Å². The van der Waals surface area contributed by atoms with Gasteiger partial charge in [0.25, 0.3) is 0 Å². The molecule has 0 aromatic heterocycles. The minimum atomic E-state index is -1.78. The van der Waals surface area contributed by atoms with E-state index in [9.17, 15) is 19.5 Å². The molecule has 4 aromatic rings. The van der Waals surface area contributed by atoms with Crippen molar-refractivity contribution in [3.63, 3.8) is 0 Å². The highest BCUT2D eigenvalue weighted by Gasteiger charge is 2.69. The van der Waals surface area contributed by atoms with E-state index < -0.39 is 35.3 Å². The highest BCUT2D eigenvalue weighted by Crippen LogP contribution is 2.55. The molecule has 6 rings (SSSR count). The minimum absolute atomic E-state index is 0.356. The number of hydrogen-bond acceptors (Lipinski definition) is 4. The lowest BCUT2D eigenvalue weighted by atomic mass is 9.75. The molecule has 4 unspecified atom stereocenters. The van der Waals surface area contributed by atoms with E-state index in [1.54, 1.807) is 24.3 Å². The van der Waals surface area contributed by atoms with Crippen molar-refractivity contribution in [3.8, 4) is 0 Å². The topological polar surface area (TPSA) is 86.7 Å². The van der Waals surface area contributed by atoms with Crippen LogP contribution >= 0.6 is 0 Å². The van der Waals surface area contributed by atoms with Crippen molar-refractivity contribution in [2.24, 2.45) is 11.8 Å². The number of imide groups is 1. The molecule has 0 spiro atoms. The van der Waals surface area contributed by atoms with Crippen LogP contribution in [0.15, 0.2) is 91.0 Å². The van der Waals surface area contributed by atoms with Gasteiger partial charge in [-0.3, -0.25) is 14.9 Å². The Labute approximate surface area is 227 Å². The van der Waals surface area contributed by atoms with Crippen LogP contribution in [0.2, 0.25) is 0 Å². The lowest BCUT2D eigenvalue weighted by molar-refractivity contribution is -0.149. The Balaban J connectivity index is 1.62. The molecule has 4 atom stereocenters. The van der Waals surface area contributed by atoms with Gasteiger partial charge in [0, 0.05) is 6.04 Å². The molecule has 0 aliphatic carbocycles. The summed E-state index contributed by atoms with van der Waals surface area (Å²) < 4.78 is 0. The van der Waals surface area contributed by atoms with Crippen LogP contribution in [0.25, 0.3) is 10.8 Å². The summed E-state index contributed by atoms with van der Waals surface area (Å²) in [6, 6.07) is 27.6. The molecule has 2 N–H and O–H groups in total. The van der Waals surface area contributed by atoms with Gasteiger partial charge in [0.15, 0.2) is 5.54 Å². The zero-order chi connectivity index (χ0) is 27.3. The number of rotatable bonds is 6. The summed E-state index contributed by atoms with van der Waals surface area (Å²) in [7, 11) is 0. The van der Waals surface area contributed by atoms with E-state index in [0.29, 0.717) is 24.1 Å². The summed E-state index contributed by atoms with van der Waals surface area (Å²) in [4.78, 5) is 43.5. The molecule has 2 aliphatic rings. The van der Waals surface area contributed by atoms with Crippen molar-refractivity contribution in [2.75, 3.05) is 4.90 Å². The van der Waals surface area contributed by atoms with Crippen LogP contribution in [-0.4, -0.2) is 22.9 Å². The Morgan fingerprint density at radius 2 is 1.44 bits per heavy atom. The maximum absolute atomic E-state index is 14.5. The number of carboxylic acids is 1. The average molecular weight is 519 g/mol. The number of para-hydroxylation sites is 1. The second-order valence-corrected chi connectivity index (χ2v) is 10.3. The molecular formula is C33H30N2O4. The number of anilines is 1. The molecule has 6 heteroatoms. The maximum Gasteiger partial charge on any atom is 0.329 e. The zero-order valence-corrected chi connectivity index (χ0v) is 21.9. The Morgan fingerprint density at radius 1 is 0.821 bits per heavy atom. The summed E-state index contributed by atoms with van der Waals surface area (Å²) in [6.07, 6.45) is 1.28. The van der Waals surface area contributed by atoms with Gasteiger partial charge in [-0.05, 0) is 45.9 Å². The van der Waals surface area contributed by atoms with Crippen LogP contribution in [0.3, 0.4) is 0 Å². The summed E-state index contributed by atoms with van der Waals surface area (Å²) >= 11 is 0. The van der Waals surface area contributed by atoms with Crippen LogP contribution in [-0.2, 0) is 32.8 Å². The monoisotopic (exact) mass is 518 g/mol. The molecule has 196 valence electrons. The molecule has 0 saturated carbocycles. The van der Waals surface area contributed by atoms with Gasteiger partial charge in [0.1, 0.15) is 0 Å². The number of hydrogen-bond donors (Lipinski definition) is 2. The van der Waals surface area contributed by atoms with Crippen LogP contribution in [0.4, 0.5) is 5.69 Å². The highest BCUT2D eigenvalue weighted by molar-refractivity contribution is 6.25. The van der Waals surface area contributed by atoms with Crippen molar-refractivity contribution < 1.29 is 19.5 Å². The van der Waals surface area contributed by atoms with Gasteiger partial charge in [-0.15, -0.1) is 0 Å². The van der Waals surface area contributed by atoms with Gasteiger partial charge >= 0.3 is 5.97 Å². The van der Waals surface area contributed by atoms with E-state index >= 15 is 0 Å². The Hall–Kier alpha value is -4.29. The van der Waals surface area contributed by atoms with Crippen molar-refractivity contribution in [1.29, 1.82) is 0 Å². The summed E-state index contributed by atoms with van der Waals surface area (Å²) in [5.41, 5.74) is 1.89. The standard InChI is InChI=1S/C33H30N2O4/c1-3-20-13-10-14-21(4-2)29(20)35-30(36)26-27(31(35)37)33(32(38)39,23-16-6-5-7-17-23)34-28(26)25-19-11-15-22-12-8-9-18-24(22)25/h5-19,26-28,34H,3-4H2,1-2H3,(H,38,39). The van der Waals surface area contributed by atoms with Gasteiger partial charge < -0.3 is 5.11 Å². The van der Waals surface area contributed by atoms with Crippen LogP contribution in [0.5, 0.6) is 0 Å². The summed E-state index contributed by atoms with van der Waals surface area (Å²) in [6.45, 7) is 3.99. The number of carbonyl (C=O) groups excluding carboxylic acids is 2. The predicted molar refractivity (Wildman–Crippen MR) is 150 cm³/mol. The number of aliphatic carboxylic acids is 1. The quantitative estimate of drug-likeness (QED) is 0.334. The number of aryl methyl sites for hydroxylation is 2. The number of carbonyl (C=O) groups is 3. The minimum Gasteiger partial charge on any atom is -0.480 e. The number of carboxylic acid groups (broad SMARTS) is 1. The fourth-order valence-electron chi connectivity index (χ4n) is 6.71. The third kappa shape index (κ3) is 3.55. The fourth-order valence-corrected chi connectivity index (χ4v) is 6.71. The molecule has 2 aliphatic heterocycles. The van der Waals surface area contributed by atoms with Gasteiger partial charge in [-0.2, -0.15) is 0 Å². The first kappa shape index (κ1) is 25.0. The molecule has 39 heavy (non-hydrogen) atoms. The lowest BCUT2D eigenvalue weighted by Crippen LogP contribution is -2.53. The van der Waals surface area contributed by atoms with E-state index in [4.69, 9.17) is 0 Å². The van der Waals surface area contributed by atoms with E-state index in [0.717, 1.165) is 27.5 Å². The molecule has 4 aromatic carbocycles. The lowest BCUT2D eigenvalue weighted by Gasteiger charge is -2.32. The molecule has 2 amide bonds. The van der Waals surface area contributed by atoms with E-state index in [-0.39, 0.29) is 5.91 Å². The van der Waals surface area contributed by atoms with Gasteiger partial charge in [-0.1, -0.05) is 105 Å². The van der Waals surface area contributed by atoms with Gasteiger partial charge in [0.2, 0.25) is 11.8 Å². The molecule has 2 saturated heterocycles. The molecule has 2 fully saturated rings. The number of amides is 2.